The largest absolute Gasteiger partial charge is 0.315 e. The number of nitrogens with one attached hydrogen (secondary N) is 1. The monoisotopic (exact) mass is 242 g/mol. The molecule has 0 aliphatic carbocycles. The molecule has 1 N–H and O–H groups in total. The quantitative estimate of drug-likeness (QED) is 0.622. The SMILES string of the molecule is CC(C)CN(C(C)C)C(C)CCCNC(C)C. The minimum absolute atomic E-state index is 0.613. The van der Waals surface area contributed by atoms with E-state index in [0.717, 1.165) is 12.5 Å². The summed E-state index contributed by atoms with van der Waals surface area (Å²) in [5.41, 5.74) is 0. The average molecular weight is 242 g/mol. The molecular weight excluding hydrogens is 208 g/mol. The van der Waals surface area contributed by atoms with Gasteiger partial charge >= 0.3 is 0 Å². The molecule has 0 fully saturated rings. The Hall–Kier alpha value is -0.0800. The first-order valence-corrected chi connectivity index (χ1v) is 7.33. The fourth-order valence-corrected chi connectivity index (χ4v) is 2.28. The van der Waals surface area contributed by atoms with E-state index >= 15 is 0 Å². The van der Waals surface area contributed by atoms with Gasteiger partial charge in [-0.2, -0.15) is 0 Å². The van der Waals surface area contributed by atoms with Crippen LogP contribution in [0.5, 0.6) is 0 Å². The van der Waals surface area contributed by atoms with Crippen molar-refractivity contribution in [3.8, 4) is 0 Å². The van der Waals surface area contributed by atoms with Crippen LogP contribution in [0, 0.1) is 5.92 Å². The molecule has 0 bridgehead atoms. The summed E-state index contributed by atoms with van der Waals surface area (Å²) in [5.74, 6) is 0.758. The molecule has 0 heterocycles. The van der Waals surface area contributed by atoms with Crippen molar-refractivity contribution >= 4 is 0 Å². The van der Waals surface area contributed by atoms with Crippen molar-refractivity contribution in [1.82, 2.24) is 10.2 Å². The lowest BCUT2D eigenvalue weighted by atomic mass is 10.1. The van der Waals surface area contributed by atoms with E-state index in [4.69, 9.17) is 0 Å². The smallest absolute Gasteiger partial charge is 0.00702 e. The van der Waals surface area contributed by atoms with Gasteiger partial charge in [-0.05, 0) is 46.1 Å². The third-order valence-corrected chi connectivity index (χ3v) is 3.16. The van der Waals surface area contributed by atoms with E-state index in [9.17, 15) is 0 Å². The van der Waals surface area contributed by atoms with Crippen LogP contribution in [0.3, 0.4) is 0 Å². The highest BCUT2D eigenvalue weighted by molar-refractivity contribution is 4.72. The second-order valence-electron chi connectivity index (χ2n) is 6.28. The molecule has 0 radical (unpaired) electrons. The molecular formula is C15H34N2. The summed E-state index contributed by atoms with van der Waals surface area (Å²) in [6.45, 7) is 18.4. The maximum Gasteiger partial charge on any atom is 0.00702 e. The highest BCUT2D eigenvalue weighted by Crippen LogP contribution is 2.13. The topological polar surface area (TPSA) is 15.3 Å². The molecule has 0 rings (SSSR count). The number of hydrogen-bond acceptors (Lipinski definition) is 2. The van der Waals surface area contributed by atoms with Gasteiger partial charge < -0.3 is 5.32 Å². The van der Waals surface area contributed by atoms with E-state index in [1.165, 1.54) is 19.4 Å². The summed E-state index contributed by atoms with van der Waals surface area (Å²) in [7, 11) is 0. The van der Waals surface area contributed by atoms with Gasteiger partial charge in [0, 0.05) is 24.7 Å². The number of hydrogen-bond donors (Lipinski definition) is 1. The fraction of sp³-hybridized carbons (Fsp3) is 1.00. The molecule has 17 heavy (non-hydrogen) atoms. The van der Waals surface area contributed by atoms with Crippen molar-refractivity contribution in [2.24, 2.45) is 5.92 Å². The van der Waals surface area contributed by atoms with Crippen LogP contribution < -0.4 is 5.32 Å². The molecule has 0 aliphatic heterocycles. The molecule has 1 atom stereocenters. The molecule has 0 amide bonds. The molecule has 104 valence electrons. The summed E-state index contributed by atoms with van der Waals surface area (Å²) in [6.07, 6.45) is 2.57. The Labute approximate surface area is 109 Å². The van der Waals surface area contributed by atoms with E-state index < -0.39 is 0 Å². The summed E-state index contributed by atoms with van der Waals surface area (Å²) in [6, 6.07) is 1.97. The van der Waals surface area contributed by atoms with Gasteiger partial charge in [0.15, 0.2) is 0 Å². The molecule has 1 unspecified atom stereocenters. The van der Waals surface area contributed by atoms with Crippen LogP contribution in [0.15, 0.2) is 0 Å². The third-order valence-electron chi connectivity index (χ3n) is 3.16. The van der Waals surface area contributed by atoms with Gasteiger partial charge in [0.2, 0.25) is 0 Å². The van der Waals surface area contributed by atoms with Crippen LogP contribution in [0.25, 0.3) is 0 Å². The molecule has 0 saturated carbocycles. The Morgan fingerprint density at radius 2 is 1.53 bits per heavy atom. The average Bonchev–Trinajstić information content (AvgIpc) is 2.19. The van der Waals surface area contributed by atoms with Crippen molar-refractivity contribution in [3.63, 3.8) is 0 Å². The van der Waals surface area contributed by atoms with E-state index in [1.807, 2.05) is 0 Å². The van der Waals surface area contributed by atoms with Crippen LogP contribution in [0.1, 0.15) is 61.3 Å². The van der Waals surface area contributed by atoms with Gasteiger partial charge in [0.1, 0.15) is 0 Å². The molecule has 2 heteroatoms. The highest BCUT2D eigenvalue weighted by Gasteiger charge is 2.17. The zero-order valence-corrected chi connectivity index (χ0v) is 13.1. The van der Waals surface area contributed by atoms with Crippen LogP contribution in [-0.4, -0.2) is 36.1 Å². The van der Waals surface area contributed by atoms with Crippen LogP contribution in [0.4, 0.5) is 0 Å². The molecule has 0 aliphatic rings. The van der Waals surface area contributed by atoms with Crippen molar-refractivity contribution in [2.45, 2.75) is 79.4 Å². The maximum absolute atomic E-state index is 3.49. The van der Waals surface area contributed by atoms with Crippen LogP contribution in [-0.2, 0) is 0 Å². The molecule has 0 spiro atoms. The standard InChI is InChI=1S/C15H34N2/c1-12(2)11-17(14(5)6)15(7)9-8-10-16-13(3)4/h12-16H,8-11H2,1-7H3. The Morgan fingerprint density at radius 3 is 1.94 bits per heavy atom. The summed E-state index contributed by atoms with van der Waals surface area (Å²) in [5, 5.41) is 3.49. The van der Waals surface area contributed by atoms with Gasteiger partial charge in [-0.3, -0.25) is 4.90 Å². The van der Waals surface area contributed by atoms with E-state index in [-0.39, 0.29) is 0 Å². The minimum Gasteiger partial charge on any atom is -0.315 e. The predicted molar refractivity (Wildman–Crippen MR) is 78.5 cm³/mol. The van der Waals surface area contributed by atoms with Gasteiger partial charge in [-0.15, -0.1) is 0 Å². The van der Waals surface area contributed by atoms with Crippen molar-refractivity contribution < 1.29 is 0 Å². The van der Waals surface area contributed by atoms with Gasteiger partial charge in [0.25, 0.3) is 0 Å². The third kappa shape index (κ3) is 8.62. The second-order valence-corrected chi connectivity index (χ2v) is 6.28. The number of nitrogens with zero attached hydrogens (tertiary/aromatic N) is 1. The van der Waals surface area contributed by atoms with Crippen molar-refractivity contribution in [1.29, 1.82) is 0 Å². The second kappa shape index (κ2) is 8.93. The lowest BCUT2D eigenvalue weighted by molar-refractivity contribution is 0.136. The van der Waals surface area contributed by atoms with Crippen LogP contribution >= 0.6 is 0 Å². The predicted octanol–water partition coefficient (Wildman–Crippen LogP) is 3.52. The first-order chi connectivity index (χ1) is 7.84. The molecule has 2 nitrogen and oxygen atoms in total. The molecule has 0 aromatic rings. The summed E-state index contributed by atoms with van der Waals surface area (Å²) < 4.78 is 0. The first kappa shape index (κ1) is 16.9. The first-order valence-electron chi connectivity index (χ1n) is 7.33. The highest BCUT2D eigenvalue weighted by atomic mass is 15.2. The molecule has 0 saturated heterocycles. The maximum atomic E-state index is 3.49. The number of rotatable bonds is 9. The van der Waals surface area contributed by atoms with Crippen molar-refractivity contribution in [3.05, 3.63) is 0 Å². The lowest BCUT2D eigenvalue weighted by Gasteiger charge is -2.34. The zero-order valence-electron chi connectivity index (χ0n) is 13.1. The van der Waals surface area contributed by atoms with Crippen LogP contribution in [0.2, 0.25) is 0 Å². The molecule has 0 aromatic carbocycles. The summed E-state index contributed by atoms with van der Waals surface area (Å²) in [4.78, 5) is 2.64. The van der Waals surface area contributed by atoms with Gasteiger partial charge in [-0.25, -0.2) is 0 Å². The van der Waals surface area contributed by atoms with E-state index in [1.54, 1.807) is 0 Å². The fourth-order valence-electron chi connectivity index (χ4n) is 2.28. The normalized spacial score (nSPS) is 14.3. The lowest BCUT2D eigenvalue weighted by Crippen LogP contribution is -2.41. The zero-order chi connectivity index (χ0) is 13.4. The van der Waals surface area contributed by atoms with Crippen molar-refractivity contribution in [2.75, 3.05) is 13.1 Å². The van der Waals surface area contributed by atoms with Gasteiger partial charge in [0.05, 0.1) is 0 Å². The minimum atomic E-state index is 0.613. The summed E-state index contributed by atoms with van der Waals surface area (Å²) >= 11 is 0. The Balaban J connectivity index is 3.93. The van der Waals surface area contributed by atoms with E-state index in [0.29, 0.717) is 18.1 Å². The molecule has 0 aromatic heterocycles. The Morgan fingerprint density at radius 1 is 0.941 bits per heavy atom. The Bertz CT molecular complexity index is 176. The Kier molecular flexibility index (Phi) is 8.89. The van der Waals surface area contributed by atoms with Gasteiger partial charge in [-0.1, -0.05) is 27.7 Å². The van der Waals surface area contributed by atoms with E-state index in [2.05, 4.69) is 58.7 Å².